The van der Waals surface area contributed by atoms with Crippen LogP contribution in [-0.2, 0) is 0 Å². The third kappa shape index (κ3) is 2.58. The quantitative estimate of drug-likeness (QED) is 0.773. The molecule has 112 valence electrons. The lowest BCUT2D eigenvalue weighted by molar-refractivity contribution is 0.103. The van der Waals surface area contributed by atoms with Crippen LogP contribution < -0.4 is 9.47 Å². The van der Waals surface area contributed by atoms with E-state index >= 15 is 0 Å². The van der Waals surface area contributed by atoms with E-state index < -0.39 is 0 Å². The van der Waals surface area contributed by atoms with Gasteiger partial charge in [-0.3, -0.25) is 4.79 Å². The molecule has 5 heteroatoms. The number of hydrogen-bond donors (Lipinski definition) is 0. The lowest BCUT2D eigenvalue weighted by Crippen LogP contribution is -2.07. The Morgan fingerprint density at radius 1 is 1.10 bits per heavy atom. The molecule has 1 heterocycles. The Bertz CT molecular complexity index is 701. The predicted octanol–water partition coefficient (Wildman–Crippen LogP) is 4.22. The van der Waals surface area contributed by atoms with Crippen LogP contribution in [0.3, 0.4) is 0 Å². The fourth-order valence-electron chi connectivity index (χ4n) is 2.34. The Morgan fingerprint density at radius 2 is 1.76 bits per heavy atom. The van der Waals surface area contributed by atoms with Crippen molar-refractivity contribution in [1.29, 1.82) is 0 Å². The van der Waals surface area contributed by atoms with Crippen LogP contribution in [-0.4, -0.2) is 20.0 Å². The van der Waals surface area contributed by atoms with Gasteiger partial charge in [-0.1, -0.05) is 0 Å². The minimum Gasteiger partial charge on any atom is -0.495 e. The summed E-state index contributed by atoms with van der Waals surface area (Å²) in [4.78, 5) is 12.8. The monoisotopic (exact) mass is 352 g/mol. The first-order valence-corrected chi connectivity index (χ1v) is 7.23. The van der Waals surface area contributed by atoms with E-state index in [0.29, 0.717) is 32.9 Å². The summed E-state index contributed by atoms with van der Waals surface area (Å²) >= 11 is 3.41. The number of benzene rings is 1. The molecule has 2 aromatic rings. The van der Waals surface area contributed by atoms with Crippen LogP contribution in [0.2, 0.25) is 0 Å². The van der Waals surface area contributed by atoms with E-state index in [-0.39, 0.29) is 5.78 Å². The largest absolute Gasteiger partial charge is 0.495 e. The molecule has 1 aromatic carbocycles. The number of carbonyl (C=O) groups excluding carboxylic acids is 1. The molecule has 0 unspecified atom stereocenters. The standard InChI is InChI=1S/C16H17BrO4/c1-8-9(2)21-10(3)13(8)15(18)11-6-7-12(19-4)14(17)16(11)20-5/h6-7H,1-5H3. The van der Waals surface area contributed by atoms with Gasteiger partial charge < -0.3 is 13.9 Å². The zero-order chi connectivity index (χ0) is 15.7. The number of furan rings is 1. The Balaban J connectivity index is 2.61. The number of aryl methyl sites for hydroxylation is 2. The molecule has 0 bridgehead atoms. The SMILES string of the molecule is COc1ccc(C(=O)c2c(C)oc(C)c2C)c(OC)c1Br. The van der Waals surface area contributed by atoms with E-state index in [4.69, 9.17) is 13.9 Å². The number of carbonyl (C=O) groups is 1. The van der Waals surface area contributed by atoms with Crippen LogP contribution in [0, 0.1) is 20.8 Å². The molecule has 0 aliphatic heterocycles. The number of ketones is 1. The summed E-state index contributed by atoms with van der Waals surface area (Å²) in [5, 5.41) is 0. The van der Waals surface area contributed by atoms with Crippen molar-refractivity contribution in [1.82, 2.24) is 0 Å². The zero-order valence-electron chi connectivity index (χ0n) is 12.7. The van der Waals surface area contributed by atoms with Gasteiger partial charge in [-0.15, -0.1) is 0 Å². The van der Waals surface area contributed by atoms with Gasteiger partial charge in [0.1, 0.15) is 27.5 Å². The molecule has 1 aromatic heterocycles. The minimum atomic E-state index is -0.123. The van der Waals surface area contributed by atoms with Crippen molar-refractivity contribution in [2.45, 2.75) is 20.8 Å². The molecule has 0 aliphatic carbocycles. The van der Waals surface area contributed by atoms with Crippen molar-refractivity contribution in [3.63, 3.8) is 0 Å². The lowest BCUT2D eigenvalue weighted by atomic mass is 9.99. The topological polar surface area (TPSA) is 48.7 Å². The van der Waals surface area contributed by atoms with E-state index in [0.717, 1.165) is 11.3 Å². The Morgan fingerprint density at radius 3 is 2.24 bits per heavy atom. The molecule has 0 spiro atoms. The van der Waals surface area contributed by atoms with Crippen LogP contribution >= 0.6 is 15.9 Å². The first-order chi connectivity index (χ1) is 9.92. The van der Waals surface area contributed by atoms with E-state index in [1.165, 1.54) is 7.11 Å². The third-order valence-electron chi connectivity index (χ3n) is 3.52. The molecular formula is C16H17BrO4. The molecule has 0 saturated heterocycles. The molecule has 0 radical (unpaired) electrons. The average molecular weight is 353 g/mol. The van der Waals surface area contributed by atoms with Crippen LogP contribution in [0.1, 0.15) is 33.0 Å². The van der Waals surface area contributed by atoms with Gasteiger partial charge in [0.05, 0.1) is 25.3 Å². The van der Waals surface area contributed by atoms with Crippen molar-refractivity contribution in [2.24, 2.45) is 0 Å². The molecule has 0 atom stereocenters. The number of ether oxygens (including phenoxy) is 2. The maximum Gasteiger partial charge on any atom is 0.200 e. The average Bonchev–Trinajstić information content (AvgIpc) is 2.71. The lowest BCUT2D eigenvalue weighted by Gasteiger charge is -2.12. The summed E-state index contributed by atoms with van der Waals surface area (Å²) in [6, 6.07) is 3.43. The normalized spacial score (nSPS) is 10.6. The summed E-state index contributed by atoms with van der Waals surface area (Å²) < 4.78 is 16.8. The highest BCUT2D eigenvalue weighted by atomic mass is 79.9. The van der Waals surface area contributed by atoms with E-state index in [1.54, 1.807) is 26.2 Å². The first-order valence-electron chi connectivity index (χ1n) is 6.44. The van der Waals surface area contributed by atoms with Gasteiger partial charge in [0.25, 0.3) is 0 Å². The smallest absolute Gasteiger partial charge is 0.200 e. The van der Waals surface area contributed by atoms with Crippen molar-refractivity contribution >= 4 is 21.7 Å². The third-order valence-corrected chi connectivity index (χ3v) is 4.27. The van der Waals surface area contributed by atoms with Crippen molar-refractivity contribution in [2.75, 3.05) is 14.2 Å². The molecular weight excluding hydrogens is 336 g/mol. The minimum absolute atomic E-state index is 0.123. The molecule has 0 N–H and O–H groups in total. The van der Waals surface area contributed by atoms with Gasteiger partial charge in [-0.05, 0) is 48.8 Å². The fourth-order valence-corrected chi connectivity index (χ4v) is 3.01. The summed E-state index contributed by atoms with van der Waals surface area (Å²) in [7, 11) is 3.09. The highest BCUT2D eigenvalue weighted by molar-refractivity contribution is 9.10. The van der Waals surface area contributed by atoms with Crippen molar-refractivity contribution < 1.29 is 18.7 Å². The number of methoxy groups -OCH3 is 2. The number of halogens is 1. The summed E-state index contributed by atoms with van der Waals surface area (Å²) in [5.41, 5.74) is 1.91. The predicted molar refractivity (Wildman–Crippen MR) is 83.6 cm³/mol. The number of hydrogen-bond acceptors (Lipinski definition) is 4. The van der Waals surface area contributed by atoms with Crippen LogP contribution in [0.25, 0.3) is 0 Å². The van der Waals surface area contributed by atoms with Gasteiger partial charge in [0.2, 0.25) is 5.78 Å². The molecule has 4 nitrogen and oxygen atoms in total. The maximum absolute atomic E-state index is 12.8. The van der Waals surface area contributed by atoms with Gasteiger partial charge in [-0.2, -0.15) is 0 Å². The fraction of sp³-hybridized carbons (Fsp3) is 0.312. The van der Waals surface area contributed by atoms with Gasteiger partial charge in [0, 0.05) is 5.56 Å². The summed E-state index contributed by atoms with van der Waals surface area (Å²) in [6.07, 6.45) is 0. The summed E-state index contributed by atoms with van der Waals surface area (Å²) in [6.45, 7) is 5.52. The molecule has 0 saturated carbocycles. The van der Waals surface area contributed by atoms with E-state index in [2.05, 4.69) is 15.9 Å². The Labute approximate surface area is 132 Å². The van der Waals surface area contributed by atoms with E-state index in [9.17, 15) is 4.79 Å². The molecule has 0 fully saturated rings. The maximum atomic E-state index is 12.8. The second-order valence-corrected chi connectivity index (χ2v) is 5.50. The van der Waals surface area contributed by atoms with Crippen LogP contribution in [0.15, 0.2) is 21.0 Å². The van der Waals surface area contributed by atoms with Crippen LogP contribution in [0.5, 0.6) is 11.5 Å². The van der Waals surface area contributed by atoms with Gasteiger partial charge >= 0.3 is 0 Å². The van der Waals surface area contributed by atoms with Crippen molar-refractivity contribution in [3.8, 4) is 11.5 Å². The Hall–Kier alpha value is -1.75. The van der Waals surface area contributed by atoms with Gasteiger partial charge in [-0.25, -0.2) is 0 Å². The second-order valence-electron chi connectivity index (χ2n) is 4.71. The van der Waals surface area contributed by atoms with Crippen molar-refractivity contribution in [3.05, 3.63) is 44.8 Å². The first kappa shape index (κ1) is 15.6. The van der Waals surface area contributed by atoms with E-state index in [1.807, 2.05) is 13.8 Å². The highest BCUT2D eigenvalue weighted by Gasteiger charge is 2.25. The molecule has 2 rings (SSSR count). The molecule has 21 heavy (non-hydrogen) atoms. The number of rotatable bonds is 4. The van der Waals surface area contributed by atoms with Gasteiger partial charge in [0.15, 0.2) is 0 Å². The highest BCUT2D eigenvalue weighted by Crippen LogP contribution is 2.38. The summed E-state index contributed by atoms with van der Waals surface area (Å²) in [5.74, 6) is 2.31. The molecule has 0 aliphatic rings. The molecule has 0 amide bonds. The zero-order valence-corrected chi connectivity index (χ0v) is 14.3. The Kier molecular flexibility index (Phi) is 4.42. The second kappa shape index (κ2) is 5.93. The van der Waals surface area contributed by atoms with Crippen LogP contribution in [0.4, 0.5) is 0 Å².